The number of hydrogen-bond acceptors (Lipinski definition) is 5. The maximum Gasteiger partial charge on any atom is 0.152 e. The molecule has 4 rings (SSSR count). The Hall–Kier alpha value is -1.79. The van der Waals surface area contributed by atoms with E-state index in [9.17, 15) is 0 Å². The van der Waals surface area contributed by atoms with Crippen molar-refractivity contribution < 1.29 is 19.7 Å². The molecule has 2 aliphatic rings. The minimum atomic E-state index is -0.663. The van der Waals surface area contributed by atoms with Gasteiger partial charge in [0.15, 0.2) is 11.5 Å². The van der Waals surface area contributed by atoms with Crippen molar-refractivity contribution in [2.45, 2.75) is 25.6 Å². The molecule has 6 heteroatoms. The zero-order chi connectivity index (χ0) is 17.1. The van der Waals surface area contributed by atoms with Gasteiger partial charge in [-0.15, -0.1) is 0 Å². The zero-order valence-corrected chi connectivity index (χ0v) is 14.1. The highest BCUT2D eigenvalue weighted by Gasteiger charge is 2.20. The molecule has 0 saturated carbocycles. The number of aliphatic hydroxyl groups excluding tert-OH is 2. The molecule has 0 spiro atoms. The molecule has 2 heterocycles. The number of anilines is 2. The molecular formula is C18H20ClNO4. The highest BCUT2D eigenvalue weighted by atomic mass is 35.5. The highest BCUT2D eigenvalue weighted by molar-refractivity contribution is 6.30. The first kappa shape index (κ1) is 17.0. The number of aryl methyl sites for hydroxylation is 1. The summed E-state index contributed by atoms with van der Waals surface area (Å²) < 4.78 is 10.6. The molecule has 2 aromatic carbocycles. The summed E-state index contributed by atoms with van der Waals surface area (Å²) in [5, 5.41) is 21.6. The molecule has 2 aromatic rings. The quantitative estimate of drug-likeness (QED) is 0.578. The predicted octanol–water partition coefficient (Wildman–Crippen LogP) is 3.63. The van der Waals surface area contributed by atoms with Crippen LogP contribution in [-0.4, -0.2) is 35.6 Å². The van der Waals surface area contributed by atoms with Gasteiger partial charge >= 0.3 is 0 Å². The first-order valence-electron chi connectivity index (χ1n) is 7.82. The lowest BCUT2D eigenvalue weighted by Crippen LogP contribution is -2.36. The number of ether oxygens (including phenoxy) is 2. The van der Waals surface area contributed by atoms with Gasteiger partial charge in [-0.1, -0.05) is 17.7 Å². The third kappa shape index (κ3) is 3.99. The number of hydrogen-bond donors (Lipinski definition) is 3. The second-order valence-electron chi connectivity index (χ2n) is 5.87. The third-order valence-corrected chi connectivity index (χ3v) is 4.10. The van der Waals surface area contributed by atoms with Crippen molar-refractivity contribution in [3.63, 3.8) is 0 Å². The molecule has 1 saturated heterocycles. The van der Waals surface area contributed by atoms with Gasteiger partial charge in [0, 0.05) is 17.7 Å². The fourth-order valence-corrected chi connectivity index (χ4v) is 2.64. The van der Waals surface area contributed by atoms with E-state index in [1.54, 1.807) is 0 Å². The molecule has 1 fully saturated rings. The number of fused-ring (bicyclic) bond motifs is 2. The van der Waals surface area contributed by atoms with Crippen LogP contribution < -0.4 is 10.1 Å². The Labute approximate surface area is 145 Å². The third-order valence-electron chi connectivity index (χ3n) is 3.86. The van der Waals surface area contributed by atoms with E-state index < -0.39 is 12.2 Å². The molecule has 2 atom stereocenters. The van der Waals surface area contributed by atoms with E-state index in [1.807, 2.05) is 37.3 Å². The van der Waals surface area contributed by atoms with Crippen LogP contribution in [0.25, 0.3) is 0 Å². The summed E-state index contributed by atoms with van der Waals surface area (Å²) >= 11 is 5.93. The van der Waals surface area contributed by atoms with Crippen LogP contribution in [0, 0.1) is 6.92 Å². The van der Waals surface area contributed by atoms with E-state index in [2.05, 4.69) is 11.4 Å². The lowest BCUT2D eigenvalue weighted by molar-refractivity contribution is -0.0852. The molecule has 3 N–H and O–H groups in total. The Kier molecular flexibility index (Phi) is 5.26. The van der Waals surface area contributed by atoms with Crippen LogP contribution >= 0.6 is 11.6 Å². The summed E-state index contributed by atoms with van der Waals surface area (Å²) in [7, 11) is 0. The molecule has 5 nitrogen and oxygen atoms in total. The largest absolute Gasteiger partial charge is 0.453 e. The van der Waals surface area contributed by atoms with Crippen LogP contribution in [-0.2, 0) is 4.74 Å². The summed E-state index contributed by atoms with van der Waals surface area (Å²) in [6.07, 6.45) is -0.672. The van der Waals surface area contributed by atoms with E-state index in [0.717, 1.165) is 22.9 Å². The number of rotatable bonds is 0. The Bertz CT molecular complexity index is 663. The van der Waals surface area contributed by atoms with Gasteiger partial charge in [-0.2, -0.15) is 0 Å². The van der Waals surface area contributed by atoms with Gasteiger partial charge in [0.2, 0.25) is 0 Å². The van der Waals surface area contributed by atoms with Gasteiger partial charge < -0.3 is 25.0 Å². The first-order valence-corrected chi connectivity index (χ1v) is 8.19. The van der Waals surface area contributed by atoms with Crippen molar-refractivity contribution in [3.05, 3.63) is 47.0 Å². The second kappa shape index (κ2) is 7.40. The highest BCUT2D eigenvalue weighted by Crippen LogP contribution is 2.42. The van der Waals surface area contributed by atoms with Crippen LogP contribution in [0.4, 0.5) is 11.4 Å². The number of nitrogens with one attached hydrogen (secondary N) is 1. The number of benzene rings is 2. The van der Waals surface area contributed by atoms with Crippen molar-refractivity contribution in [1.29, 1.82) is 0 Å². The topological polar surface area (TPSA) is 71.0 Å². The SMILES string of the molecule is Cc1ccc2c(c1)Oc1cc(Cl)ccc1N2.OC1CCOCC1O. The summed E-state index contributed by atoms with van der Waals surface area (Å²) in [4.78, 5) is 0. The molecule has 24 heavy (non-hydrogen) atoms. The minimum Gasteiger partial charge on any atom is -0.453 e. The van der Waals surface area contributed by atoms with Gasteiger partial charge in [-0.3, -0.25) is 0 Å². The van der Waals surface area contributed by atoms with E-state index in [-0.39, 0.29) is 6.61 Å². The van der Waals surface area contributed by atoms with Crippen LogP contribution in [0.3, 0.4) is 0 Å². The van der Waals surface area contributed by atoms with Gasteiger partial charge in [-0.05, 0) is 43.2 Å². The van der Waals surface area contributed by atoms with E-state index >= 15 is 0 Å². The summed E-state index contributed by atoms with van der Waals surface area (Å²) in [5.74, 6) is 1.61. The molecule has 0 radical (unpaired) electrons. The Morgan fingerprint density at radius 2 is 1.75 bits per heavy atom. The summed E-state index contributed by atoms with van der Waals surface area (Å²) in [5.41, 5.74) is 3.10. The van der Waals surface area contributed by atoms with Gasteiger partial charge in [-0.25, -0.2) is 0 Å². The van der Waals surface area contributed by atoms with Crippen molar-refractivity contribution in [2.75, 3.05) is 18.5 Å². The molecule has 2 unspecified atom stereocenters. The molecule has 0 bridgehead atoms. The smallest absolute Gasteiger partial charge is 0.152 e. The van der Waals surface area contributed by atoms with E-state index in [4.69, 9.17) is 31.3 Å². The molecule has 2 aliphatic heterocycles. The Balaban J connectivity index is 0.000000179. The van der Waals surface area contributed by atoms with Gasteiger partial charge in [0.05, 0.1) is 24.1 Å². The molecule has 128 valence electrons. The first-order chi connectivity index (χ1) is 11.5. The standard InChI is InChI=1S/C13H10ClNO.C5H10O3/c1-8-2-4-10-12(6-8)16-13-7-9(14)3-5-11(13)15-10;6-4-1-2-8-3-5(4)7/h2-7,15H,1H3;4-7H,1-3H2. The lowest BCUT2D eigenvalue weighted by atomic mass is 10.1. The maximum atomic E-state index is 8.85. The number of halogens is 1. The van der Waals surface area contributed by atoms with Crippen molar-refractivity contribution in [3.8, 4) is 11.5 Å². The van der Waals surface area contributed by atoms with Crippen molar-refractivity contribution in [1.82, 2.24) is 0 Å². The second-order valence-corrected chi connectivity index (χ2v) is 6.30. The normalized spacial score (nSPS) is 21.3. The molecule has 0 amide bonds. The summed E-state index contributed by atoms with van der Waals surface area (Å²) in [6.45, 7) is 2.89. The number of aliphatic hydroxyl groups is 2. The van der Waals surface area contributed by atoms with Crippen LogP contribution in [0.15, 0.2) is 36.4 Å². The molecule has 0 aromatic heterocycles. The zero-order valence-electron chi connectivity index (χ0n) is 13.3. The fourth-order valence-electron chi connectivity index (χ4n) is 2.48. The van der Waals surface area contributed by atoms with E-state index in [1.165, 1.54) is 5.56 Å². The Morgan fingerprint density at radius 3 is 2.42 bits per heavy atom. The maximum absolute atomic E-state index is 8.85. The van der Waals surface area contributed by atoms with Crippen LogP contribution in [0.2, 0.25) is 5.02 Å². The lowest BCUT2D eigenvalue weighted by Gasteiger charge is -2.22. The van der Waals surface area contributed by atoms with Crippen LogP contribution in [0.1, 0.15) is 12.0 Å². The van der Waals surface area contributed by atoms with Gasteiger partial charge in [0.25, 0.3) is 0 Å². The van der Waals surface area contributed by atoms with Gasteiger partial charge in [0.1, 0.15) is 6.10 Å². The molecular weight excluding hydrogens is 330 g/mol. The van der Waals surface area contributed by atoms with Crippen LogP contribution in [0.5, 0.6) is 11.5 Å². The predicted molar refractivity (Wildman–Crippen MR) is 93.4 cm³/mol. The average molecular weight is 350 g/mol. The van der Waals surface area contributed by atoms with Crippen molar-refractivity contribution in [2.24, 2.45) is 0 Å². The minimum absolute atomic E-state index is 0.279. The Morgan fingerprint density at radius 1 is 1.04 bits per heavy atom. The summed E-state index contributed by atoms with van der Waals surface area (Å²) in [6, 6.07) is 11.6. The fraction of sp³-hybridized carbons (Fsp3) is 0.333. The van der Waals surface area contributed by atoms with E-state index in [0.29, 0.717) is 18.1 Å². The molecule has 0 aliphatic carbocycles. The monoisotopic (exact) mass is 349 g/mol. The average Bonchev–Trinajstić information content (AvgIpc) is 2.56. The van der Waals surface area contributed by atoms with Crippen molar-refractivity contribution >= 4 is 23.0 Å².